The van der Waals surface area contributed by atoms with Crippen LogP contribution < -0.4 is 10.2 Å². The van der Waals surface area contributed by atoms with Crippen LogP contribution in [0.25, 0.3) is 0 Å². The van der Waals surface area contributed by atoms with Gasteiger partial charge in [-0.25, -0.2) is 0 Å². The van der Waals surface area contributed by atoms with Crippen LogP contribution in [0.2, 0.25) is 0 Å². The molecule has 0 amide bonds. The maximum absolute atomic E-state index is 3.41. The lowest BCUT2D eigenvalue weighted by Gasteiger charge is -2.21. The normalized spacial score (nSPS) is 9.28. The van der Waals surface area contributed by atoms with Crippen molar-refractivity contribution < 1.29 is 0 Å². The van der Waals surface area contributed by atoms with E-state index in [4.69, 9.17) is 0 Å². The Morgan fingerprint density at radius 2 is 1.50 bits per heavy atom. The van der Waals surface area contributed by atoms with Crippen LogP contribution in [-0.2, 0) is 6.54 Å². The first kappa shape index (κ1) is 19.9. The summed E-state index contributed by atoms with van der Waals surface area (Å²) in [6.45, 7) is 10.8. The van der Waals surface area contributed by atoms with E-state index in [1.807, 2.05) is 0 Å². The van der Waals surface area contributed by atoms with Crippen molar-refractivity contribution in [2.24, 2.45) is 0 Å². The second-order valence-electron chi connectivity index (χ2n) is 4.02. The van der Waals surface area contributed by atoms with Crippen LogP contribution in [0.5, 0.6) is 0 Å². The van der Waals surface area contributed by atoms with E-state index in [1.54, 1.807) is 0 Å². The Morgan fingerprint density at radius 3 is 1.94 bits per heavy atom. The van der Waals surface area contributed by atoms with Crippen molar-refractivity contribution in [1.29, 1.82) is 0 Å². The summed E-state index contributed by atoms with van der Waals surface area (Å²) in [5.41, 5.74) is 2.69. The smallest absolute Gasteiger partial charge is 0.0366 e. The molecular weight excluding hydrogens is 267 g/mol. The Labute approximate surface area is 124 Å². The molecule has 0 atom stereocenters. The van der Waals surface area contributed by atoms with Gasteiger partial charge >= 0.3 is 0 Å². The molecule has 0 aliphatic rings. The third-order valence-electron chi connectivity index (χ3n) is 2.82. The van der Waals surface area contributed by atoms with E-state index in [9.17, 15) is 0 Å². The summed E-state index contributed by atoms with van der Waals surface area (Å²) in [5.74, 6) is 0. The molecule has 0 saturated carbocycles. The molecule has 0 heterocycles. The van der Waals surface area contributed by atoms with Gasteiger partial charge in [0.1, 0.15) is 0 Å². The van der Waals surface area contributed by atoms with Gasteiger partial charge in [0.05, 0.1) is 0 Å². The number of hydrogen-bond acceptors (Lipinski definition) is 2. The quantitative estimate of drug-likeness (QED) is 0.768. The average molecular weight is 293 g/mol. The van der Waals surface area contributed by atoms with Gasteiger partial charge in [-0.05, 0) is 44.5 Å². The Kier molecular flexibility index (Phi) is 12.9. The Balaban J connectivity index is 0. The molecule has 0 fully saturated rings. The molecule has 0 aliphatic carbocycles. The second-order valence-corrected chi connectivity index (χ2v) is 4.02. The number of rotatable bonds is 7. The highest BCUT2D eigenvalue weighted by molar-refractivity contribution is 5.85. The average Bonchev–Trinajstić information content (AvgIpc) is 2.33. The number of halogens is 2. The molecule has 0 aliphatic heterocycles. The molecule has 1 N–H and O–H groups in total. The number of benzene rings is 1. The topological polar surface area (TPSA) is 15.3 Å². The standard InChI is InChI=1S/C14H24N2.2ClH/c1-4-11-15-12-13-7-9-14(10-8-13)16(5-2)6-3;;/h7-10,15H,4-6,11-12H2,1-3H3;2*1H. The number of hydrogen-bond donors (Lipinski definition) is 1. The van der Waals surface area contributed by atoms with E-state index in [0.29, 0.717) is 0 Å². The number of anilines is 1. The van der Waals surface area contributed by atoms with Crippen LogP contribution >= 0.6 is 24.8 Å². The summed E-state index contributed by atoms with van der Waals surface area (Å²) >= 11 is 0. The second kappa shape index (κ2) is 11.6. The molecule has 0 spiro atoms. The van der Waals surface area contributed by atoms with Crippen LogP contribution in [0, 0.1) is 0 Å². The highest BCUT2D eigenvalue weighted by Gasteiger charge is 2.00. The minimum atomic E-state index is 0. The van der Waals surface area contributed by atoms with Gasteiger partial charge in [0.25, 0.3) is 0 Å². The number of nitrogens with zero attached hydrogens (tertiary/aromatic N) is 1. The van der Waals surface area contributed by atoms with Crippen molar-refractivity contribution in [3.63, 3.8) is 0 Å². The molecule has 1 aromatic rings. The molecule has 0 bridgehead atoms. The third-order valence-corrected chi connectivity index (χ3v) is 2.82. The van der Waals surface area contributed by atoms with E-state index in [-0.39, 0.29) is 24.8 Å². The zero-order valence-corrected chi connectivity index (χ0v) is 13.2. The van der Waals surface area contributed by atoms with E-state index < -0.39 is 0 Å². The molecular formula is C14H26Cl2N2. The van der Waals surface area contributed by atoms with E-state index in [2.05, 4.69) is 55.3 Å². The number of nitrogens with one attached hydrogen (secondary N) is 1. The van der Waals surface area contributed by atoms with Crippen molar-refractivity contribution in [2.75, 3.05) is 24.5 Å². The van der Waals surface area contributed by atoms with Crippen molar-refractivity contribution >= 4 is 30.5 Å². The fourth-order valence-electron chi connectivity index (χ4n) is 1.82. The largest absolute Gasteiger partial charge is 0.372 e. The van der Waals surface area contributed by atoms with Crippen molar-refractivity contribution in [2.45, 2.75) is 33.7 Å². The summed E-state index contributed by atoms with van der Waals surface area (Å²) in [4.78, 5) is 2.36. The fourth-order valence-corrected chi connectivity index (χ4v) is 1.82. The van der Waals surface area contributed by atoms with E-state index >= 15 is 0 Å². The van der Waals surface area contributed by atoms with Crippen molar-refractivity contribution in [3.05, 3.63) is 29.8 Å². The predicted octanol–water partition coefficient (Wildman–Crippen LogP) is 3.88. The lowest BCUT2D eigenvalue weighted by molar-refractivity contribution is 0.675. The molecule has 106 valence electrons. The lowest BCUT2D eigenvalue weighted by Crippen LogP contribution is -2.21. The van der Waals surface area contributed by atoms with E-state index in [0.717, 1.165) is 26.2 Å². The van der Waals surface area contributed by atoms with Gasteiger partial charge in [-0.2, -0.15) is 0 Å². The van der Waals surface area contributed by atoms with Crippen LogP contribution in [0.1, 0.15) is 32.8 Å². The third kappa shape index (κ3) is 6.48. The minimum absolute atomic E-state index is 0. The van der Waals surface area contributed by atoms with Gasteiger partial charge in [-0.1, -0.05) is 19.1 Å². The Morgan fingerprint density at radius 1 is 0.944 bits per heavy atom. The summed E-state index contributed by atoms with van der Waals surface area (Å²) < 4.78 is 0. The van der Waals surface area contributed by atoms with Gasteiger partial charge in [-0.15, -0.1) is 24.8 Å². The first-order chi connectivity index (χ1) is 7.81. The first-order valence-electron chi connectivity index (χ1n) is 6.36. The molecule has 0 radical (unpaired) electrons. The summed E-state index contributed by atoms with van der Waals surface area (Å²) in [5, 5.41) is 3.41. The van der Waals surface area contributed by atoms with Crippen LogP contribution in [0.3, 0.4) is 0 Å². The predicted molar refractivity (Wildman–Crippen MR) is 86.5 cm³/mol. The van der Waals surface area contributed by atoms with Gasteiger partial charge < -0.3 is 10.2 Å². The Hall–Kier alpha value is -0.440. The molecule has 0 unspecified atom stereocenters. The lowest BCUT2D eigenvalue weighted by atomic mass is 10.2. The Bertz CT molecular complexity index is 284. The molecule has 4 heteroatoms. The first-order valence-corrected chi connectivity index (χ1v) is 6.36. The van der Waals surface area contributed by atoms with Crippen LogP contribution in [-0.4, -0.2) is 19.6 Å². The van der Waals surface area contributed by atoms with Gasteiger partial charge in [-0.3, -0.25) is 0 Å². The molecule has 1 rings (SSSR count). The summed E-state index contributed by atoms with van der Waals surface area (Å²) in [7, 11) is 0. The summed E-state index contributed by atoms with van der Waals surface area (Å²) in [6, 6.07) is 8.87. The van der Waals surface area contributed by atoms with E-state index in [1.165, 1.54) is 17.7 Å². The van der Waals surface area contributed by atoms with Gasteiger partial charge in [0, 0.05) is 25.3 Å². The minimum Gasteiger partial charge on any atom is -0.372 e. The maximum Gasteiger partial charge on any atom is 0.0366 e. The SMILES string of the molecule is CCCNCc1ccc(N(CC)CC)cc1.Cl.Cl. The van der Waals surface area contributed by atoms with Gasteiger partial charge in [0.15, 0.2) is 0 Å². The zero-order chi connectivity index (χ0) is 11.8. The van der Waals surface area contributed by atoms with Crippen molar-refractivity contribution in [3.8, 4) is 0 Å². The molecule has 1 aromatic carbocycles. The van der Waals surface area contributed by atoms with Crippen molar-refractivity contribution in [1.82, 2.24) is 5.32 Å². The molecule has 0 saturated heterocycles. The molecule has 18 heavy (non-hydrogen) atoms. The highest BCUT2D eigenvalue weighted by atomic mass is 35.5. The monoisotopic (exact) mass is 292 g/mol. The highest BCUT2D eigenvalue weighted by Crippen LogP contribution is 2.14. The van der Waals surface area contributed by atoms with Crippen LogP contribution in [0.4, 0.5) is 5.69 Å². The molecule has 0 aromatic heterocycles. The maximum atomic E-state index is 3.41. The fraction of sp³-hybridized carbons (Fsp3) is 0.571. The van der Waals surface area contributed by atoms with Crippen LogP contribution in [0.15, 0.2) is 24.3 Å². The summed E-state index contributed by atoms with van der Waals surface area (Å²) in [6.07, 6.45) is 1.19. The molecule has 2 nitrogen and oxygen atoms in total. The zero-order valence-electron chi connectivity index (χ0n) is 11.6. The van der Waals surface area contributed by atoms with Gasteiger partial charge in [0.2, 0.25) is 0 Å².